The molecule has 5 aromatic rings. The zero-order valence-electron chi connectivity index (χ0n) is 17.6. The highest BCUT2D eigenvalue weighted by molar-refractivity contribution is 7.98. The highest BCUT2D eigenvalue weighted by Crippen LogP contribution is 2.22. The summed E-state index contributed by atoms with van der Waals surface area (Å²) in [5.74, 6) is 0.747. The van der Waals surface area contributed by atoms with Crippen LogP contribution < -0.4 is 5.32 Å². The zero-order valence-corrected chi connectivity index (χ0v) is 18.4. The molecule has 0 saturated carbocycles. The summed E-state index contributed by atoms with van der Waals surface area (Å²) in [6.45, 7) is 0.521. The summed E-state index contributed by atoms with van der Waals surface area (Å²) in [5, 5.41) is 16.3. The average Bonchev–Trinajstić information content (AvgIpc) is 3.46. The quantitative estimate of drug-likeness (QED) is 0.385. The molecule has 7 nitrogen and oxygen atoms in total. The topological polar surface area (TPSA) is 76.6 Å². The van der Waals surface area contributed by atoms with E-state index in [0.29, 0.717) is 19.4 Å². The van der Waals surface area contributed by atoms with E-state index in [1.165, 1.54) is 4.90 Å². The molecule has 0 aliphatic heterocycles. The van der Waals surface area contributed by atoms with Crippen molar-refractivity contribution in [3.05, 3.63) is 84.4 Å². The van der Waals surface area contributed by atoms with Gasteiger partial charge in [0.15, 0.2) is 5.65 Å². The SMILES string of the molecule is CSc1ccc(CNC(=O)CCc2nnc3c4cc(-c5ccccc5)nn4ccn23)cc1. The van der Waals surface area contributed by atoms with E-state index in [2.05, 4.69) is 32.7 Å². The van der Waals surface area contributed by atoms with Gasteiger partial charge in [0.1, 0.15) is 11.3 Å². The van der Waals surface area contributed by atoms with Crippen LogP contribution in [0.3, 0.4) is 0 Å². The van der Waals surface area contributed by atoms with Crippen LogP contribution in [-0.4, -0.2) is 36.4 Å². The smallest absolute Gasteiger partial charge is 0.220 e. The lowest BCUT2D eigenvalue weighted by Gasteiger charge is -2.06. The molecule has 0 unspecified atom stereocenters. The lowest BCUT2D eigenvalue weighted by Crippen LogP contribution is -2.23. The van der Waals surface area contributed by atoms with Crippen molar-refractivity contribution in [3.8, 4) is 11.3 Å². The number of rotatable bonds is 7. The number of amides is 1. The van der Waals surface area contributed by atoms with Crippen molar-refractivity contribution in [1.82, 2.24) is 29.5 Å². The number of aromatic nitrogens is 5. The molecule has 2 aromatic carbocycles. The molecular weight excluding hydrogens is 420 g/mol. The molecular formula is C24H22N6OS. The standard InChI is InChI=1S/C24H22N6OS/c1-32-19-9-7-17(8-10-19)16-25-23(31)12-11-22-26-27-24-21-15-20(18-5-3-2-4-6-18)28-30(21)14-13-29(22)24/h2-10,13-15H,11-12,16H2,1H3,(H,25,31). The molecule has 0 aliphatic carbocycles. The first-order chi connectivity index (χ1) is 15.7. The number of aryl methyl sites for hydroxylation is 1. The Labute approximate surface area is 189 Å². The third-order valence-corrected chi connectivity index (χ3v) is 6.13. The third kappa shape index (κ3) is 4.09. The van der Waals surface area contributed by atoms with Crippen molar-refractivity contribution in [1.29, 1.82) is 0 Å². The van der Waals surface area contributed by atoms with Gasteiger partial charge < -0.3 is 5.32 Å². The molecule has 3 heterocycles. The van der Waals surface area contributed by atoms with Gasteiger partial charge in [-0.3, -0.25) is 9.20 Å². The van der Waals surface area contributed by atoms with Crippen molar-refractivity contribution in [2.75, 3.05) is 6.26 Å². The Morgan fingerprint density at radius 1 is 1.03 bits per heavy atom. The fraction of sp³-hybridized carbons (Fsp3) is 0.167. The summed E-state index contributed by atoms with van der Waals surface area (Å²) in [5.41, 5.74) is 4.62. The van der Waals surface area contributed by atoms with Crippen molar-refractivity contribution >= 4 is 28.8 Å². The minimum atomic E-state index is -0.00696. The number of benzene rings is 2. The predicted octanol–water partition coefficient (Wildman–Crippen LogP) is 4.01. The van der Waals surface area contributed by atoms with E-state index in [1.807, 2.05) is 76.1 Å². The fourth-order valence-corrected chi connectivity index (χ4v) is 4.05. The van der Waals surface area contributed by atoms with Gasteiger partial charge in [0.2, 0.25) is 5.91 Å². The van der Waals surface area contributed by atoms with Gasteiger partial charge in [-0.1, -0.05) is 42.5 Å². The molecule has 8 heteroatoms. The lowest BCUT2D eigenvalue weighted by molar-refractivity contribution is -0.121. The van der Waals surface area contributed by atoms with E-state index >= 15 is 0 Å². The van der Waals surface area contributed by atoms with Gasteiger partial charge in [0.05, 0.1) is 5.69 Å². The third-order valence-electron chi connectivity index (χ3n) is 5.38. The van der Waals surface area contributed by atoms with Crippen molar-refractivity contribution in [3.63, 3.8) is 0 Å². The van der Waals surface area contributed by atoms with Gasteiger partial charge >= 0.3 is 0 Å². The van der Waals surface area contributed by atoms with Crippen LogP contribution >= 0.6 is 11.8 Å². The van der Waals surface area contributed by atoms with Crippen LogP contribution in [0.25, 0.3) is 22.4 Å². The number of hydrogen-bond donors (Lipinski definition) is 1. The van der Waals surface area contributed by atoms with Crippen LogP contribution in [0.2, 0.25) is 0 Å². The summed E-state index contributed by atoms with van der Waals surface area (Å²) < 4.78 is 3.74. The Kier molecular flexibility index (Phi) is 5.60. The minimum absolute atomic E-state index is 0.00696. The molecule has 0 spiro atoms. The second-order valence-electron chi connectivity index (χ2n) is 7.46. The number of fused-ring (bicyclic) bond motifs is 3. The van der Waals surface area contributed by atoms with Crippen LogP contribution in [0.15, 0.2) is 78.0 Å². The summed E-state index contributed by atoms with van der Waals surface area (Å²) in [7, 11) is 0. The van der Waals surface area contributed by atoms with Crippen molar-refractivity contribution in [2.45, 2.75) is 24.3 Å². The van der Waals surface area contributed by atoms with Gasteiger partial charge in [-0.05, 0) is 30.0 Å². The maximum atomic E-state index is 12.4. The Hall–Kier alpha value is -3.65. The molecule has 5 rings (SSSR count). The number of nitrogens with zero attached hydrogens (tertiary/aromatic N) is 5. The van der Waals surface area contributed by atoms with E-state index in [4.69, 9.17) is 0 Å². The minimum Gasteiger partial charge on any atom is -0.352 e. The molecule has 160 valence electrons. The molecule has 3 aromatic heterocycles. The number of nitrogens with one attached hydrogen (secondary N) is 1. The van der Waals surface area contributed by atoms with Crippen LogP contribution in [0, 0.1) is 0 Å². The molecule has 0 radical (unpaired) electrons. The molecule has 1 N–H and O–H groups in total. The normalized spacial score (nSPS) is 11.3. The molecule has 0 atom stereocenters. The summed E-state index contributed by atoms with van der Waals surface area (Å²) in [6.07, 6.45) is 6.69. The van der Waals surface area contributed by atoms with Gasteiger partial charge in [0, 0.05) is 42.2 Å². The Morgan fingerprint density at radius 3 is 2.62 bits per heavy atom. The first-order valence-corrected chi connectivity index (χ1v) is 11.6. The van der Waals surface area contributed by atoms with E-state index < -0.39 is 0 Å². The molecule has 0 bridgehead atoms. The molecule has 0 saturated heterocycles. The lowest BCUT2D eigenvalue weighted by atomic mass is 10.1. The van der Waals surface area contributed by atoms with Crippen LogP contribution in [0.5, 0.6) is 0 Å². The Morgan fingerprint density at radius 2 is 1.84 bits per heavy atom. The van der Waals surface area contributed by atoms with Gasteiger partial charge in [-0.2, -0.15) is 5.10 Å². The highest BCUT2D eigenvalue weighted by atomic mass is 32.2. The molecule has 1 amide bonds. The number of carbonyl (C=O) groups is 1. The maximum Gasteiger partial charge on any atom is 0.220 e. The maximum absolute atomic E-state index is 12.4. The average molecular weight is 443 g/mol. The fourth-order valence-electron chi connectivity index (χ4n) is 3.64. The van der Waals surface area contributed by atoms with Crippen molar-refractivity contribution in [2.24, 2.45) is 0 Å². The van der Waals surface area contributed by atoms with Crippen molar-refractivity contribution < 1.29 is 4.79 Å². The number of carbonyl (C=O) groups excluding carboxylic acids is 1. The highest BCUT2D eigenvalue weighted by Gasteiger charge is 2.13. The molecule has 32 heavy (non-hydrogen) atoms. The van der Waals surface area contributed by atoms with Gasteiger partial charge in [0.25, 0.3) is 0 Å². The second-order valence-corrected chi connectivity index (χ2v) is 8.34. The summed E-state index contributed by atoms with van der Waals surface area (Å²) in [4.78, 5) is 13.6. The first-order valence-electron chi connectivity index (χ1n) is 10.4. The van der Waals surface area contributed by atoms with Gasteiger partial charge in [-0.15, -0.1) is 22.0 Å². The van der Waals surface area contributed by atoms with Crippen LogP contribution in [-0.2, 0) is 17.8 Å². The summed E-state index contributed by atoms with van der Waals surface area (Å²) in [6, 6.07) is 20.3. The largest absolute Gasteiger partial charge is 0.352 e. The van der Waals surface area contributed by atoms with Crippen LogP contribution in [0.1, 0.15) is 17.8 Å². The second kappa shape index (κ2) is 8.84. The number of hydrogen-bond acceptors (Lipinski definition) is 5. The van der Waals surface area contributed by atoms with Gasteiger partial charge in [-0.25, -0.2) is 4.52 Å². The van der Waals surface area contributed by atoms with Crippen LogP contribution in [0.4, 0.5) is 0 Å². The molecule has 0 aliphatic rings. The monoisotopic (exact) mass is 442 g/mol. The Bertz CT molecular complexity index is 1370. The predicted molar refractivity (Wildman–Crippen MR) is 126 cm³/mol. The van der Waals surface area contributed by atoms with E-state index in [9.17, 15) is 4.79 Å². The Balaban J connectivity index is 1.27. The zero-order chi connectivity index (χ0) is 21.9. The summed E-state index contributed by atoms with van der Waals surface area (Å²) >= 11 is 1.70. The van der Waals surface area contributed by atoms with E-state index in [0.717, 1.165) is 33.8 Å². The molecule has 0 fully saturated rings. The van der Waals surface area contributed by atoms with E-state index in [-0.39, 0.29) is 5.91 Å². The first kappa shape index (κ1) is 20.3. The number of thioether (sulfide) groups is 1. The van der Waals surface area contributed by atoms with E-state index in [1.54, 1.807) is 11.8 Å².